The largest absolute Gasteiger partial charge is 0.348 e. The highest BCUT2D eigenvalue weighted by molar-refractivity contribution is 8.14. The molecule has 0 bridgehead atoms. The molecule has 7 nitrogen and oxygen atoms in total. The van der Waals surface area contributed by atoms with Gasteiger partial charge >= 0.3 is 11.8 Å². The molecule has 1 aliphatic heterocycles. The smallest absolute Gasteiger partial charge is 0.309 e. The number of hydrogen-bond donors (Lipinski definition) is 2. The maximum absolute atomic E-state index is 11.2. The van der Waals surface area contributed by atoms with Crippen molar-refractivity contribution in [1.82, 2.24) is 15.5 Å². The van der Waals surface area contributed by atoms with Crippen LogP contribution in [0, 0.1) is 0 Å². The summed E-state index contributed by atoms with van der Waals surface area (Å²) in [6.07, 6.45) is 0. The van der Waals surface area contributed by atoms with Crippen molar-refractivity contribution in [2.24, 2.45) is 0 Å². The van der Waals surface area contributed by atoms with Crippen molar-refractivity contribution in [1.29, 1.82) is 0 Å². The first-order chi connectivity index (χ1) is 8.06. The lowest BCUT2D eigenvalue weighted by molar-refractivity contribution is -0.139. The normalized spacial score (nSPS) is 15.0. The van der Waals surface area contributed by atoms with Crippen molar-refractivity contribution in [3.05, 3.63) is 0 Å². The summed E-state index contributed by atoms with van der Waals surface area (Å²) in [6.45, 7) is 2.24. The second-order valence-electron chi connectivity index (χ2n) is 3.22. The lowest BCUT2D eigenvalue weighted by atomic mass is 10.4. The van der Waals surface area contributed by atoms with Gasteiger partial charge < -0.3 is 10.6 Å². The molecule has 0 aliphatic carbocycles. The molecular weight excluding hydrogens is 246 g/mol. The summed E-state index contributed by atoms with van der Waals surface area (Å²) in [4.78, 5) is 45.6. The number of hydrogen-bond acceptors (Lipinski definition) is 5. The van der Waals surface area contributed by atoms with Crippen molar-refractivity contribution < 1.29 is 19.2 Å². The summed E-state index contributed by atoms with van der Waals surface area (Å²) in [7, 11) is 0. The average molecular weight is 259 g/mol. The lowest BCUT2D eigenvalue weighted by Gasteiger charge is -2.12. The minimum atomic E-state index is -0.765. The Morgan fingerprint density at radius 1 is 1.29 bits per heavy atom. The van der Waals surface area contributed by atoms with E-state index in [9.17, 15) is 19.2 Å². The molecule has 0 atom stereocenters. The van der Waals surface area contributed by atoms with Gasteiger partial charge in [-0.05, 0) is 6.92 Å². The predicted molar refractivity (Wildman–Crippen MR) is 61.3 cm³/mol. The van der Waals surface area contributed by atoms with E-state index in [2.05, 4.69) is 10.6 Å². The van der Waals surface area contributed by atoms with Crippen molar-refractivity contribution in [3.8, 4) is 0 Å². The number of imide groups is 1. The lowest BCUT2D eigenvalue weighted by Crippen LogP contribution is -2.43. The highest BCUT2D eigenvalue weighted by Crippen LogP contribution is 2.17. The first-order valence-corrected chi connectivity index (χ1v) is 6.08. The molecule has 1 heterocycles. The molecule has 4 amide bonds. The number of rotatable bonds is 4. The quantitative estimate of drug-likeness (QED) is 0.627. The van der Waals surface area contributed by atoms with Gasteiger partial charge in [0.25, 0.3) is 5.24 Å². The average Bonchev–Trinajstić information content (AvgIpc) is 2.60. The standard InChI is InChI=1S/C9H13N3O4S/c1-2-10-7(14)8(15)11-3-4-12-6(13)5-17-9(12)16/h2-5H2,1H3,(H,10,14)(H,11,15). The molecule has 17 heavy (non-hydrogen) atoms. The third-order valence-corrected chi connectivity index (χ3v) is 2.86. The van der Waals surface area contributed by atoms with Gasteiger partial charge in [-0.25, -0.2) is 0 Å². The third kappa shape index (κ3) is 3.74. The maximum Gasteiger partial charge on any atom is 0.309 e. The molecule has 0 spiro atoms. The summed E-state index contributed by atoms with van der Waals surface area (Å²) < 4.78 is 0. The van der Waals surface area contributed by atoms with Crippen LogP contribution >= 0.6 is 11.8 Å². The molecule has 2 N–H and O–H groups in total. The third-order valence-electron chi connectivity index (χ3n) is 2.01. The molecule has 0 unspecified atom stereocenters. The van der Waals surface area contributed by atoms with Crippen LogP contribution in [0.15, 0.2) is 0 Å². The van der Waals surface area contributed by atoms with Crippen molar-refractivity contribution in [2.75, 3.05) is 25.4 Å². The van der Waals surface area contributed by atoms with Gasteiger partial charge in [-0.1, -0.05) is 11.8 Å². The second kappa shape index (κ2) is 6.24. The van der Waals surface area contributed by atoms with Gasteiger partial charge in [0.2, 0.25) is 5.91 Å². The van der Waals surface area contributed by atoms with Gasteiger partial charge in [0.15, 0.2) is 0 Å². The van der Waals surface area contributed by atoms with Crippen molar-refractivity contribution in [3.63, 3.8) is 0 Å². The Bertz CT molecular complexity index is 342. The van der Waals surface area contributed by atoms with E-state index in [0.717, 1.165) is 16.7 Å². The van der Waals surface area contributed by atoms with Crippen LogP contribution in [-0.4, -0.2) is 53.2 Å². The first kappa shape index (κ1) is 13.5. The molecule has 94 valence electrons. The van der Waals surface area contributed by atoms with Gasteiger partial charge in [0, 0.05) is 19.6 Å². The van der Waals surface area contributed by atoms with Crippen LogP contribution in [0.3, 0.4) is 0 Å². The van der Waals surface area contributed by atoms with E-state index in [4.69, 9.17) is 0 Å². The highest BCUT2D eigenvalue weighted by Gasteiger charge is 2.29. The summed E-state index contributed by atoms with van der Waals surface area (Å²) >= 11 is 0.932. The Morgan fingerprint density at radius 3 is 2.47 bits per heavy atom. The number of nitrogens with one attached hydrogen (secondary N) is 2. The molecule has 0 aromatic rings. The minimum absolute atomic E-state index is 0.0774. The highest BCUT2D eigenvalue weighted by atomic mass is 32.2. The second-order valence-corrected chi connectivity index (χ2v) is 4.14. The molecule has 0 radical (unpaired) electrons. The van der Waals surface area contributed by atoms with E-state index in [1.165, 1.54) is 0 Å². The van der Waals surface area contributed by atoms with Gasteiger partial charge in [-0.15, -0.1) is 0 Å². The van der Waals surface area contributed by atoms with Crippen LogP contribution in [0.5, 0.6) is 0 Å². The van der Waals surface area contributed by atoms with Gasteiger partial charge in [-0.2, -0.15) is 0 Å². The van der Waals surface area contributed by atoms with E-state index in [-0.39, 0.29) is 30.0 Å². The molecule has 0 saturated carbocycles. The molecule has 1 saturated heterocycles. The zero-order valence-corrected chi connectivity index (χ0v) is 10.1. The van der Waals surface area contributed by atoms with E-state index in [1.54, 1.807) is 6.92 Å². The van der Waals surface area contributed by atoms with Gasteiger partial charge in [0.1, 0.15) is 0 Å². The predicted octanol–water partition coefficient (Wildman–Crippen LogP) is -1.07. The van der Waals surface area contributed by atoms with E-state index < -0.39 is 11.8 Å². The molecule has 0 aromatic carbocycles. The monoisotopic (exact) mass is 259 g/mol. The molecule has 1 rings (SSSR count). The summed E-state index contributed by atoms with van der Waals surface area (Å²) in [5, 5.41) is 4.35. The summed E-state index contributed by atoms with van der Waals surface area (Å²) in [5.41, 5.74) is 0. The summed E-state index contributed by atoms with van der Waals surface area (Å²) in [6, 6.07) is 0. The van der Waals surface area contributed by atoms with Crippen LogP contribution in [-0.2, 0) is 14.4 Å². The Labute approximate surface area is 102 Å². The van der Waals surface area contributed by atoms with Crippen molar-refractivity contribution >= 4 is 34.7 Å². The Hall–Kier alpha value is -1.57. The van der Waals surface area contributed by atoms with Crippen LogP contribution < -0.4 is 10.6 Å². The van der Waals surface area contributed by atoms with E-state index >= 15 is 0 Å². The SMILES string of the molecule is CCNC(=O)C(=O)NCCN1C(=O)CSC1=O. The Balaban J connectivity index is 2.28. The zero-order chi connectivity index (χ0) is 12.8. The van der Waals surface area contributed by atoms with Gasteiger partial charge in [-0.3, -0.25) is 24.1 Å². The fourth-order valence-corrected chi connectivity index (χ4v) is 1.95. The number of amides is 4. The minimum Gasteiger partial charge on any atom is -0.348 e. The fourth-order valence-electron chi connectivity index (χ4n) is 1.20. The first-order valence-electron chi connectivity index (χ1n) is 5.09. The molecule has 8 heteroatoms. The fraction of sp³-hybridized carbons (Fsp3) is 0.556. The number of nitrogens with zero attached hydrogens (tertiary/aromatic N) is 1. The number of likely N-dealkylation sites (N-methyl/N-ethyl adjacent to an activating group) is 1. The van der Waals surface area contributed by atoms with E-state index in [0.29, 0.717) is 6.54 Å². The van der Waals surface area contributed by atoms with Gasteiger partial charge in [0.05, 0.1) is 5.75 Å². The summed E-state index contributed by atoms with van der Waals surface area (Å²) in [5.74, 6) is -1.62. The van der Waals surface area contributed by atoms with Crippen LogP contribution in [0.4, 0.5) is 4.79 Å². The maximum atomic E-state index is 11.2. The Morgan fingerprint density at radius 2 is 1.94 bits per heavy atom. The topological polar surface area (TPSA) is 95.6 Å². The molecule has 1 aliphatic rings. The van der Waals surface area contributed by atoms with Crippen LogP contribution in [0.25, 0.3) is 0 Å². The molecular formula is C9H13N3O4S. The number of carbonyl (C=O) groups excluding carboxylic acids is 4. The number of carbonyl (C=O) groups is 4. The zero-order valence-electron chi connectivity index (χ0n) is 9.32. The van der Waals surface area contributed by atoms with Crippen LogP contribution in [0.1, 0.15) is 6.92 Å². The van der Waals surface area contributed by atoms with Crippen LogP contribution in [0.2, 0.25) is 0 Å². The Kier molecular flexibility index (Phi) is 4.95. The number of thioether (sulfide) groups is 1. The van der Waals surface area contributed by atoms with E-state index in [1.807, 2.05) is 0 Å². The van der Waals surface area contributed by atoms with Crippen molar-refractivity contribution in [2.45, 2.75) is 6.92 Å². The molecule has 0 aromatic heterocycles. The molecule has 1 fully saturated rings.